The lowest BCUT2D eigenvalue weighted by Gasteiger charge is -2.34. The van der Waals surface area contributed by atoms with Crippen LogP contribution in [0.2, 0.25) is 0 Å². The number of ether oxygens (including phenoxy) is 2. The van der Waals surface area contributed by atoms with Crippen LogP contribution in [0.3, 0.4) is 0 Å². The average Bonchev–Trinajstić information content (AvgIpc) is 2.61. The number of fused-ring (bicyclic) bond motifs is 1. The zero-order chi connectivity index (χ0) is 17.9. The summed E-state index contributed by atoms with van der Waals surface area (Å²) < 4.78 is 11.6. The first-order valence-electron chi connectivity index (χ1n) is 9.16. The number of hydrogen-bond acceptors (Lipinski definition) is 5. The maximum atomic E-state index is 9.84. The molecule has 3 heterocycles. The van der Waals surface area contributed by atoms with Gasteiger partial charge in [0.05, 0.1) is 31.0 Å². The second-order valence-electron chi connectivity index (χ2n) is 7.27. The number of nitrogens with zero attached hydrogens (tertiary/aromatic N) is 2. The molecule has 1 aromatic heterocycles. The molecule has 0 bridgehead atoms. The molecule has 0 unspecified atom stereocenters. The lowest BCUT2D eigenvalue weighted by atomic mass is 9.89. The molecule has 1 N–H and O–H groups in total. The summed E-state index contributed by atoms with van der Waals surface area (Å²) in [6, 6.07) is 2.47. The van der Waals surface area contributed by atoms with Crippen molar-refractivity contribution in [3.8, 4) is 6.07 Å². The van der Waals surface area contributed by atoms with Crippen LogP contribution in [-0.2, 0) is 22.5 Å². The van der Waals surface area contributed by atoms with Crippen LogP contribution in [0.5, 0.6) is 0 Å². The Morgan fingerprint density at radius 1 is 1.28 bits per heavy atom. The van der Waals surface area contributed by atoms with Crippen LogP contribution in [0.1, 0.15) is 50.3 Å². The third kappa shape index (κ3) is 4.11. The Morgan fingerprint density at radius 3 is 2.72 bits per heavy atom. The summed E-state index contributed by atoms with van der Waals surface area (Å²) in [7, 11) is 0. The Hall–Kier alpha value is -1.29. The second-order valence-corrected chi connectivity index (χ2v) is 8.38. The number of aromatic nitrogens is 1. The molecular weight excluding hydrogens is 334 g/mol. The van der Waals surface area contributed by atoms with Gasteiger partial charge in [0.15, 0.2) is 5.03 Å². The fraction of sp³-hybridized carbons (Fsp3) is 0.684. The summed E-state index contributed by atoms with van der Waals surface area (Å²) in [5, 5.41) is 10.9. The Balaban J connectivity index is 2.05. The van der Waals surface area contributed by atoms with E-state index < -0.39 is 0 Å². The summed E-state index contributed by atoms with van der Waals surface area (Å²) in [5.41, 5.74) is 2.90. The first-order valence-corrected chi connectivity index (χ1v) is 10.1. The van der Waals surface area contributed by atoms with Crippen molar-refractivity contribution >= 4 is 17.6 Å². The molecule has 3 rings (SSSR count). The van der Waals surface area contributed by atoms with Gasteiger partial charge in [0.2, 0.25) is 0 Å². The molecule has 136 valence electrons. The zero-order valence-electron chi connectivity index (χ0n) is 15.5. The summed E-state index contributed by atoms with van der Waals surface area (Å²) in [6.07, 6.45) is 3.09. The lowest BCUT2D eigenvalue weighted by molar-refractivity contribution is -0.415. The maximum absolute atomic E-state index is 9.84. The summed E-state index contributed by atoms with van der Waals surface area (Å²) in [6.45, 7) is 10.2. The van der Waals surface area contributed by atoms with Crippen LogP contribution in [0.4, 0.5) is 5.82 Å². The van der Waals surface area contributed by atoms with Gasteiger partial charge in [-0.2, -0.15) is 5.26 Å². The fourth-order valence-electron chi connectivity index (χ4n) is 3.37. The molecule has 0 spiro atoms. The van der Waals surface area contributed by atoms with Crippen molar-refractivity contribution < 1.29 is 14.5 Å². The van der Waals surface area contributed by atoms with Crippen molar-refractivity contribution in [2.24, 2.45) is 0 Å². The number of H-pyrrole nitrogens is 1. The molecule has 2 aliphatic heterocycles. The smallest absolute Gasteiger partial charge is 0.281 e. The van der Waals surface area contributed by atoms with Crippen molar-refractivity contribution in [1.29, 1.82) is 5.26 Å². The molecule has 5 nitrogen and oxygen atoms in total. The van der Waals surface area contributed by atoms with Gasteiger partial charge >= 0.3 is 0 Å². The molecule has 1 aromatic rings. The van der Waals surface area contributed by atoms with Gasteiger partial charge in [0.25, 0.3) is 5.82 Å². The molecule has 6 heteroatoms. The molecule has 1 saturated heterocycles. The third-order valence-corrected chi connectivity index (χ3v) is 5.89. The van der Waals surface area contributed by atoms with Crippen LogP contribution in [-0.4, -0.2) is 37.7 Å². The van der Waals surface area contributed by atoms with E-state index in [1.807, 2.05) is 0 Å². The van der Waals surface area contributed by atoms with E-state index in [1.54, 1.807) is 11.8 Å². The van der Waals surface area contributed by atoms with Gasteiger partial charge in [0, 0.05) is 12.2 Å². The van der Waals surface area contributed by atoms with E-state index in [4.69, 9.17) is 9.47 Å². The SMILES string of the molecule is CCCCSc1[nH+]c(N2CCOCC2)c2c(c1C#N)CC(C)(C)OC2. The minimum Gasteiger partial charge on any atom is -0.373 e. The molecule has 2 aliphatic rings. The van der Waals surface area contributed by atoms with Crippen LogP contribution in [0.15, 0.2) is 5.03 Å². The number of nitriles is 1. The van der Waals surface area contributed by atoms with Crippen molar-refractivity contribution in [2.45, 2.75) is 57.3 Å². The van der Waals surface area contributed by atoms with E-state index >= 15 is 0 Å². The van der Waals surface area contributed by atoms with Crippen LogP contribution in [0, 0.1) is 11.3 Å². The van der Waals surface area contributed by atoms with E-state index in [0.717, 1.165) is 78.9 Å². The lowest BCUT2D eigenvalue weighted by Crippen LogP contribution is -2.43. The standard InChI is InChI=1S/C19H27N3O2S/c1-4-5-10-25-18-15(12-20)14-11-19(2,3)24-13-16(14)17(21-18)22-6-8-23-9-7-22/h4-11,13H2,1-3H3/p+1. The van der Waals surface area contributed by atoms with Gasteiger partial charge in [-0.3, -0.25) is 4.90 Å². The van der Waals surface area contributed by atoms with Gasteiger partial charge < -0.3 is 9.47 Å². The Bertz CT molecular complexity index is 664. The molecule has 0 aliphatic carbocycles. The van der Waals surface area contributed by atoms with E-state index in [0.29, 0.717) is 6.61 Å². The Morgan fingerprint density at radius 2 is 2.04 bits per heavy atom. The first kappa shape index (κ1) is 18.5. The molecule has 0 amide bonds. The van der Waals surface area contributed by atoms with Gasteiger partial charge in [-0.15, -0.1) is 0 Å². The average molecular weight is 363 g/mol. The molecule has 0 radical (unpaired) electrons. The highest BCUT2D eigenvalue weighted by atomic mass is 32.2. The second kappa shape index (κ2) is 7.94. The number of nitrogens with one attached hydrogen (secondary N) is 1. The number of unbranched alkanes of at least 4 members (excludes halogenated alkanes) is 1. The summed E-state index contributed by atoms with van der Waals surface area (Å²) >= 11 is 1.77. The maximum Gasteiger partial charge on any atom is 0.281 e. The number of pyridine rings is 1. The predicted molar refractivity (Wildman–Crippen MR) is 98.9 cm³/mol. The van der Waals surface area contributed by atoms with E-state index in [1.165, 1.54) is 0 Å². The zero-order valence-corrected chi connectivity index (χ0v) is 16.3. The van der Waals surface area contributed by atoms with Crippen molar-refractivity contribution in [3.63, 3.8) is 0 Å². The first-order chi connectivity index (χ1) is 12.1. The number of aromatic amines is 1. The van der Waals surface area contributed by atoms with Crippen LogP contribution < -0.4 is 9.88 Å². The highest BCUT2D eigenvalue weighted by molar-refractivity contribution is 7.99. The van der Waals surface area contributed by atoms with Gasteiger partial charge in [-0.25, -0.2) is 4.98 Å². The summed E-state index contributed by atoms with van der Waals surface area (Å²) in [5.74, 6) is 2.15. The predicted octanol–water partition coefficient (Wildman–Crippen LogP) is 2.95. The number of hydrogen-bond donors (Lipinski definition) is 0. The normalized spacial score (nSPS) is 19.4. The Kier molecular flexibility index (Phi) is 5.88. The fourth-order valence-corrected chi connectivity index (χ4v) is 4.49. The highest BCUT2D eigenvalue weighted by Gasteiger charge is 2.36. The number of rotatable bonds is 5. The molecule has 0 atom stereocenters. The van der Waals surface area contributed by atoms with E-state index in [2.05, 4.69) is 36.7 Å². The van der Waals surface area contributed by atoms with Gasteiger partial charge in [0.1, 0.15) is 24.7 Å². The largest absolute Gasteiger partial charge is 0.373 e. The van der Waals surface area contributed by atoms with E-state index in [-0.39, 0.29) is 5.60 Å². The van der Waals surface area contributed by atoms with E-state index in [9.17, 15) is 5.26 Å². The van der Waals surface area contributed by atoms with Gasteiger partial charge in [-0.1, -0.05) is 25.1 Å². The van der Waals surface area contributed by atoms with Crippen molar-refractivity contribution in [3.05, 3.63) is 16.7 Å². The van der Waals surface area contributed by atoms with Crippen LogP contribution in [0.25, 0.3) is 0 Å². The topological polar surface area (TPSA) is 59.6 Å². The molecule has 25 heavy (non-hydrogen) atoms. The number of thioether (sulfide) groups is 1. The van der Waals surface area contributed by atoms with Crippen LogP contribution >= 0.6 is 11.8 Å². The minimum absolute atomic E-state index is 0.229. The monoisotopic (exact) mass is 362 g/mol. The highest BCUT2D eigenvalue weighted by Crippen LogP contribution is 2.36. The quantitative estimate of drug-likeness (QED) is 0.595. The number of morpholine rings is 1. The molecule has 1 fully saturated rings. The third-order valence-electron chi connectivity index (χ3n) is 4.80. The van der Waals surface area contributed by atoms with Crippen molar-refractivity contribution in [2.75, 3.05) is 37.0 Å². The minimum atomic E-state index is -0.229. The molecular formula is C19H28N3O2S+. The molecule has 0 aromatic carbocycles. The van der Waals surface area contributed by atoms with Gasteiger partial charge in [-0.05, 0) is 25.8 Å². The Labute approximate surface area is 154 Å². The number of anilines is 1. The molecule has 0 saturated carbocycles. The van der Waals surface area contributed by atoms with Crippen molar-refractivity contribution in [1.82, 2.24) is 0 Å². The summed E-state index contributed by atoms with van der Waals surface area (Å²) in [4.78, 5) is 5.92.